The summed E-state index contributed by atoms with van der Waals surface area (Å²) in [5, 5.41) is 18.2. The van der Waals surface area contributed by atoms with Gasteiger partial charge < -0.3 is 29.2 Å². The van der Waals surface area contributed by atoms with Crippen LogP contribution < -0.4 is 18.9 Å². The molecule has 0 amide bonds. The molecule has 0 aliphatic carbocycles. The molecule has 8 nitrogen and oxygen atoms in total. The molecule has 0 saturated carbocycles. The van der Waals surface area contributed by atoms with Crippen molar-refractivity contribution in [1.29, 1.82) is 0 Å². The van der Waals surface area contributed by atoms with Crippen molar-refractivity contribution >= 4 is 23.7 Å². The number of carboxylic acids is 2. The van der Waals surface area contributed by atoms with Gasteiger partial charge in [0.05, 0.1) is 33.5 Å². The van der Waals surface area contributed by atoms with Gasteiger partial charge in [-0.05, 0) is 111 Å². The first-order chi connectivity index (χ1) is 24.1. The molecule has 0 heterocycles. The molecule has 2 N–H and O–H groups in total. The van der Waals surface area contributed by atoms with Crippen molar-refractivity contribution in [3.05, 3.63) is 73.8 Å². The summed E-state index contributed by atoms with van der Waals surface area (Å²) in [6.07, 6.45) is 4.69. The van der Waals surface area contributed by atoms with Crippen LogP contribution >= 0.6 is 11.8 Å². The van der Waals surface area contributed by atoms with Gasteiger partial charge in [0.2, 0.25) is 0 Å². The summed E-state index contributed by atoms with van der Waals surface area (Å²) in [6, 6.07) is 6.77. The minimum absolute atomic E-state index is 0.0208. The molecule has 0 unspecified atom stereocenters. The van der Waals surface area contributed by atoms with E-state index >= 15 is 0 Å². The summed E-state index contributed by atoms with van der Waals surface area (Å²) in [5.74, 6) is 1.97. The molecular formula is C43H62O8S. The van der Waals surface area contributed by atoms with Crippen LogP contribution in [0.25, 0.3) is 0 Å². The quantitative estimate of drug-likeness (QED) is 0.123. The number of aryl methyl sites for hydroxylation is 1. The van der Waals surface area contributed by atoms with Crippen LogP contribution in [0.5, 0.6) is 23.0 Å². The van der Waals surface area contributed by atoms with E-state index in [9.17, 15) is 9.59 Å². The molecule has 0 radical (unpaired) electrons. The van der Waals surface area contributed by atoms with Crippen LogP contribution in [0.1, 0.15) is 132 Å². The van der Waals surface area contributed by atoms with Gasteiger partial charge >= 0.3 is 11.9 Å². The first-order valence-electron chi connectivity index (χ1n) is 17.9. The number of thioether (sulfide) groups is 1. The fourth-order valence-electron chi connectivity index (χ4n) is 6.32. The van der Waals surface area contributed by atoms with Crippen LogP contribution in [-0.2, 0) is 10.8 Å². The van der Waals surface area contributed by atoms with E-state index in [-0.39, 0.29) is 27.7 Å². The van der Waals surface area contributed by atoms with E-state index < -0.39 is 11.9 Å². The van der Waals surface area contributed by atoms with Crippen molar-refractivity contribution < 1.29 is 38.7 Å². The van der Waals surface area contributed by atoms with Gasteiger partial charge in [-0.25, -0.2) is 9.59 Å². The third-order valence-corrected chi connectivity index (χ3v) is 10.6. The monoisotopic (exact) mass is 738 g/mol. The van der Waals surface area contributed by atoms with Crippen molar-refractivity contribution in [2.24, 2.45) is 0 Å². The highest BCUT2D eigenvalue weighted by atomic mass is 32.2. The van der Waals surface area contributed by atoms with Crippen LogP contribution in [0.3, 0.4) is 0 Å². The van der Waals surface area contributed by atoms with Crippen LogP contribution in [-0.4, -0.2) is 55.8 Å². The number of hydrogen-bond donors (Lipinski definition) is 2. The normalized spacial score (nSPS) is 11.4. The molecule has 3 rings (SSSR count). The number of carboxylic acid groups (broad SMARTS) is 2. The average molecular weight is 739 g/mol. The number of hydrogen-bond acceptors (Lipinski definition) is 7. The summed E-state index contributed by atoms with van der Waals surface area (Å²) >= 11 is 1.97. The Morgan fingerprint density at radius 2 is 1.10 bits per heavy atom. The number of rotatable bonds is 14. The first kappa shape index (κ1) is 44.3. The molecule has 0 spiro atoms. The Balaban J connectivity index is 0.000000460. The molecule has 52 heavy (non-hydrogen) atoms. The third-order valence-electron chi connectivity index (χ3n) is 9.53. The molecule has 0 atom stereocenters. The van der Waals surface area contributed by atoms with Gasteiger partial charge in [-0.15, -0.1) is 11.8 Å². The van der Waals surface area contributed by atoms with Crippen molar-refractivity contribution in [3.63, 3.8) is 0 Å². The van der Waals surface area contributed by atoms with Crippen LogP contribution in [0.2, 0.25) is 0 Å². The molecular weight excluding hydrogens is 677 g/mol. The number of unbranched alkanes of at least 4 members (excludes halogenated alkanes) is 3. The molecule has 3 aromatic rings. The zero-order valence-electron chi connectivity index (χ0n) is 34.2. The van der Waals surface area contributed by atoms with Gasteiger partial charge in [0.25, 0.3) is 0 Å². The second kappa shape index (κ2) is 18.8. The molecule has 0 aromatic heterocycles. The Labute approximate surface area is 316 Å². The Bertz CT molecular complexity index is 1690. The Hall–Kier alpha value is -3.85. The lowest BCUT2D eigenvalue weighted by molar-refractivity contribution is 0.0675. The number of methoxy groups -OCH3 is 3. The smallest absolute Gasteiger partial charge is 0.339 e. The first-order valence-corrected chi connectivity index (χ1v) is 18.9. The number of ether oxygens (including phenoxy) is 4. The fourth-order valence-corrected chi connectivity index (χ4v) is 7.30. The lowest BCUT2D eigenvalue weighted by Gasteiger charge is -2.29. The highest BCUT2D eigenvalue weighted by molar-refractivity contribution is 7.99. The van der Waals surface area contributed by atoms with Gasteiger partial charge in [-0.1, -0.05) is 54.4 Å². The molecule has 3 aromatic carbocycles. The number of carbonyl (C=O) groups is 2. The maximum atomic E-state index is 11.2. The molecule has 0 saturated heterocycles. The van der Waals surface area contributed by atoms with Crippen LogP contribution in [0.4, 0.5) is 0 Å². The van der Waals surface area contributed by atoms with Gasteiger partial charge in [-0.2, -0.15) is 0 Å². The van der Waals surface area contributed by atoms with E-state index in [2.05, 4.69) is 80.5 Å². The molecule has 0 aliphatic rings. The highest BCUT2D eigenvalue weighted by Gasteiger charge is 2.28. The second-order valence-electron chi connectivity index (χ2n) is 15.4. The van der Waals surface area contributed by atoms with E-state index in [4.69, 9.17) is 29.2 Å². The second-order valence-corrected chi connectivity index (χ2v) is 16.6. The van der Waals surface area contributed by atoms with Gasteiger partial charge in [0, 0.05) is 27.1 Å². The lowest BCUT2D eigenvalue weighted by Crippen LogP contribution is -2.19. The summed E-state index contributed by atoms with van der Waals surface area (Å²) in [4.78, 5) is 23.7. The summed E-state index contributed by atoms with van der Waals surface area (Å²) < 4.78 is 22.6. The summed E-state index contributed by atoms with van der Waals surface area (Å²) in [7, 11) is 4.85. The van der Waals surface area contributed by atoms with E-state index in [0.717, 1.165) is 41.6 Å². The minimum Gasteiger partial charge on any atom is -0.496 e. The Kier molecular flexibility index (Phi) is 16.0. The van der Waals surface area contributed by atoms with E-state index in [1.54, 1.807) is 35.0 Å². The maximum Gasteiger partial charge on any atom is 0.339 e. The maximum absolute atomic E-state index is 11.2. The molecule has 0 fully saturated rings. The van der Waals surface area contributed by atoms with Gasteiger partial charge in [-0.3, -0.25) is 0 Å². The zero-order chi connectivity index (χ0) is 39.7. The molecule has 0 bridgehead atoms. The molecule has 0 aliphatic heterocycles. The predicted octanol–water partition coefficient (Wildman–Crippen LogP) is 11.0. The average Bonchev–Trinajstić information content (AvgIpc) is 3.05. The third kappa shape index (κ3) is 10.8. The van der Waals surface area contributed by atoms with E-state index in [1.807, 2.05) is 11.8 Å². The largest absolute Gasteiger partial charge is 0.496 e. The Morgan fingerprint density at radius 1 is 0.596 bits per heavy atom. The van der Waals surface area contributed by atoms with E-state index in [0.29, 0.717) is 16.7 Å². The fraction of sp³-hybridized carbons (Fsp3) is 0.535. The topological polar surface area (TPSA) is 112 Å². The summed E-state index contributed by atoms with van der Waals surface area (Å²) in [5.41, 5.74) is 7.51. The minimum atomic E-state index is -1.12. The standard InChI is InChI=1S/C31H48O3S.C12H14O5/c1-21-18-27(32-10)23(3)28(22(21)2)34-16-14-12-13-15-17-35-24-19-25(30(4,5)6)29(33-11)26(20-24)31(7,8)9;1-5-6(2)9(12(15)16)10(17-4)7(3)8(5)11(13)14/h18-20H,12-17H2,1-11H3;1-4H3,(H,13,14)(H,15,16). The molecule has 9 heteroatoms. The van der Waals surface area contributed by atoms with Gasteiger partial charge in [0.15, 0.2) is 0 Å². The SMILES string of the molecule is COc1c(C)c(C(=O)O)c(C)c(C)c1C(=O)O.COc1cc(C)c(C)c(OCCCCCCSc2cc(C(C)(C)C)c(OC)c(C(C)(C)C)c2)c1C. The van der Waals surface area contributed by atoms with Crippen LogP contribution in [0, 0.1) is 41.5 Å². The zero-order valence-corrected chi connectivity index (χ0v) is 35.0. The molecule has 288 valence electrons. The van der Waals surface area contributed by atoms with Crippen molar-refractivity contribution in [1.82, 2.24) is 0 Å². The van der Waals surface area contributed by atoms with Gasteiger partial charge in [0.1, 0.15) is 28.6 Å². The van der Waals surface area contributed by atoms with Crippen molar-refractivity contribution in [2.45, 2.75) is 124 Å². The lowest BCUT2D eigenvalue weighted by atomic mass is 9.79. The predicted molar refractivity (Wildman–Crippen MR) is 213 cm³/mol. The highest BCUT2D eigenvalue weighted by Crippen LogP contribution is 2.43. The van der Waals surface area contributed by atoms with E-state index in [1.165, 1.54) is 53.5 Å². The number of aromatic carboxylic acids is 2. The van der Waals surface area contributed by atoms with Crippen molar-refractivity contribution in [3.8, 4) is 23.0 Å². The van der Waals surface area contributed by atoms with Crippen molar-refractivity contribution in [2.75, 3.05) is 33.7 Å². The van der Waals surface area contributed by atoms with Crippen LogP contribution in [0.15, 0.2) is 23.1 Å². The Morgan fingerprint density at radius 3 is 1.56 bits per heavy atom. The number of benzene rings is 3. The summed E-state index contributed by atoms with van der Waals surface area (Å²) in [6.45, 7) is 25.4.